The molecule has 0 N–H and O–H groups in total. The van der Waals surface area contributed by atoms with E-state index >= 15 is 0 Å². The molecule has 1 aliphatic rings. The maximum atomic E-state index is 12.6. The van der Waals surface area contributed by atoms with Crippen LogP contribution in [0.5, 0.6) is 5.75 Å². The van der Waals surface area contributed by atoms with Gasteiger partial charge < -0.3 is 9.64 Å². The summed E-state index contributed by atoms with van der Waals surface area (Å²) in [7, 11) is 1.63. The van der Waals surface area contributed by atoms with Crippen LogP contribution >= 0.6 is 11.3 Å². The first-order valence-corrected chi connectivity index (χ1v) is 8.46. The maximum Gasteiger partial charge on any atom is 0.253 e. The van der Waals surface area contributed by atoms with E-state index in [-0.39, 0.29) is 5.91 Å². The Bertz CT molecular complexity index is 610. The summed E-state index contributed by atoms with van der Waals surface area (Å²) in [6.45, 7) is 1.67. The number of aromatic nitrogens is 1. The number of amides is 1. The molecular weight excluding hydrogens is 296 g/mol. The van der Waals surface area contributed by atoms with Crippen molar-refractivity contribution in [3.8, 4) is 5.75 Å². The summed E-state index contributed by atoms with van der Waals surface area (Å²) in [5.41, 5.74) is 0.732. The summed E-state index contributed by atoms with van der Waals surface area (Å²) >= 11 is 1.70. The van der Waals surface area contributed by atoms with Crippen molar-refractivity contribution >= 4 is 17.2 Å². The molecule has 4 nitrogen and oxygen atoms in total. The molecule has 0 spiro atoms. The van der Waals surface area contributed by atoms with E-state index in [1.807, 2.05) is 40.7 Å². The number of methoxy groups -OCH3 is 1. The molecule has 0 saturated carbocycles. The first-order valence-electron chi connectivity index (χ1n) is 7.58. The van der Waals surface area contributed by atoms with Gasteiger partial charge in [-0.3, -0.25) is 4.79 Å². The minimum atomic E-state index is 0.117. The van der Waals surface area contributed by atoms with Gasteiger partial charge in [-0.15, -0.1) is 11.3 Å². The Balaban J connectivity index is 1.64. The number of carbonyl (C=O) groups is 1. The van der Waals surface area contributed by atoms with Gasteiger partial charge in [-0.1, -0.05) is 0 Å². The average Bonchev–Trinajstić information content (AvgIpc) is 3.07. The van der Waals surface area contributed by atoms with E-state index in [9.17, 15) is 4.79 Å². The molecule has 1 aliphatic heterocycles. The van der Waals surface area contributed by atoms with Crippen molar-refractivity contribution in [1.29, 1.82) is 0 Å². The standard InChI is InChI=1S/C17H20N2O2S/c1-21-15-6-4-14(5-7-15)17(20)19-9-2-3-13(12-19)11-16-18-8-10-22-16/h4-8,10,13H,2-3,9,11-12H2,1H3/t13-/m0/s1. The number of piperidine rings is 1. The minimum Gasteiger partial charge on any atom is -0.497 e. The van der Waals surface area contributed by atoms with Crippen molar-refractivity contribution in [2.24, 2.45) is 5.92 Å². The van der Waals surface area contributed by atoms with Gasteiger partial charge in [-0.25, -0.2) is 4.98 Å². The highest BCUT2D eigenvalue weighted by Crippen LogP contribution is 2.23. The van der Waals surface area contributed by atoms with Gasteiger partial charge in [0.15, 0.2) is 0 Å². The molecule has 0 unspecified atom stereocenters. The molecule has 1 fully saturated rings. The number of nitrogens with zero attached hydrogens (tertiary/aromatic N) is 2. The molecule has 3 rings (SSSR count). The minimum absolute atomic E-state index is 0.117. The van der Waals surface area contributed by atoms with Gasteiger partial charge in [-0.2, -0.15) is 0 Å². The highest BCUT2D eigenvalue weighted by atomic mass is 32.1. The second kappa shape index (κ2) is 6.92. The van der Waals surface area contributed by atoms with Crippen molar-refractivity contribution in [3.05, 3.63) is 46.4 Å². The van der Waals surface area contributed by atoms with Gasteiger partial charge in [0.05, 0.1) is 12.1 Å². The molecule has 5 heteroatoms. The zero-order valence-corrected chi connectivity index (χ0v) is 13.5. The third kappa shape index (κ3) is 3.47. The van der Waals surface area contributed by atoms with Gasteiger partial charge >= 0.3 is 0 Å². The molecule has 1 atom stereocenters. The van der Waals surface area contributed by atoms with Gasteiger partial charge in [0.2, 0.25) is 0 Å². The monoisotopic (exact) mass is 316 g/mol. The zero-order valence-electron chi connectivity index (χ0n) is 12.7. The average molecular weight is 316 g/mol. The maximum absolute atomic E-state index is 12.6. The Kier molecular flexibility index (Phi) is 4.73. The van der Waals surface area contributed by atoms with Crippen LogP contribution in [0.25, 0.3) is 0 Å². The molecule has 1 saturated heterocycles. The van der Waals surface area contributed by atoms with Crippen LogP contribution < -0.4 is 4.74 Å². The largest absolute Gasteiger partial charge is 0.497 e. The Morgan fingerprint density at radius 3 is 2.91 bits per heavy atom. The smallest absolute Gasteiger partial charge is 0.253 e. The second-order valence-corrected chi connectivity index (χ2v) is 6.60. The van der Waals surface area contributed by atoms with E-state index in [1.165, 1.54) is 11.4 Å². The predicted molar refractivity (Wildman–Crippen MR) is 87.4 cm³/mol. The summed E-state index contributed by atoms with van der Waals surface area (Å²) < 4.78 is 5.14. The SMILES string of the molecule is COc1ccc(C(=O)N2CCC[C@@H](Cc3nccs3)C2)cc1. The van der Waals surface area contributed by atoms with Crippen LogP contribution in [0.3, 0.4) is 0 Å². The van der Waals surface area contributed by atoms with Crippen LogP contribution in [-0.4, -0.2) is 36.0 Å². The van der Waals surface area contributed by atoms with Crippen molar-refractivity contribution in [3.63, 3.8) is 0 Å². The highest BCUT2D eigenvalue weighted by molar-refractivity contribution is 7.09. The lowest BCUT2D eigenvalue weighted by molar-refractivity contribution is 0.0673. The molecule has 0 aliphatic carbocycles. The molecule has 2 heterocycles. The first-order chi connectivity index (χ1) is 10.8. The number of ether oxygens (including phenoxy) is 1. The highest BCUT2D eigenvalue weighted by Gasteiger charge is 2.25. The van der Waals surface area contributed by atoms with Crippen LogP contribution in [0.4, 0.5) is 0 Å². The molecule has 2 aromatic rings. The van der Waals surface area contributed by atoms with Crippen molar-refractivity contribution in [1.82, 2.24) is 9.88 Å². The Morgan fingerprint density at radius 1 is 1.41 bits per heavy atom. The number of thiazole rings is 1. The molecule has 116 valence electrons. The van der Waals surface area contributed by atoms with E-state index in [0.717, 1.165) is 37.2 Å². The molecule has 1 aromatic heterocycles. The summed E-state index contributed by atoms with van der Waals surface area (Å²) in [6, 6.07) is 7.35. The Labute approximate surface area is 134 Å². The molecule has 1 amide bonds. The fourth-order valence-corrected chi connectivity index (χ4v) is 3.67. The summed E-state index contributed by atoms with van der Waals surface area (Å²) in [5.74, 6) is 1.41. The summed E-state index contributed by atoms with van der Waals surface area (Å²) in [5, 5.41) is 3.18. The lowest BCUT2D eigenvalue weighted by Crippen LogP contribution is -2.40. The predicted octanol–water partition coefficient (Wildman–Crippen LogP) is 3.25. The Morgan fingerprint density at radius 2 is 2.23 bits per heavy atom. The van der Waals surface area contributed by atoms with Gasteiger partial charge in [0.1, 0.15) is 5.75 Å². The molecular formula is C17H20N2O2S. The van der Waals surface area contributed by atoms with Crippen LogP contribution in [-0.2, 0) is 6.42 Å². The van der Waals surface area contributed by atoms with Gasteiger partial charge in [0, 0.05) is 36.7 Å². The number of benzene rings is 1. The number of likely N-dealkylation sites (tertiary alicyclic amines) is 1. The van der Waals surface area contributed by atoms with E-state index in [1.54, 1.807) is 18.4 Å². The quantitative estimate of drug-likeness (QED) is 0.869. The van der Waals surface area contributed by atoms with E-state index in [0.29, 0.717) is 5.92 Å². The van der Waals surface area contributed by atoms with Crippen LogP contribution in [0.1, 0.15) is 28.2 Å². The fourth-order valence-electron chi connectivity index (χ4n) is 2.93. The van der Waals surface area contributed by atoms with E-state index in [2.05, 4.69) is 4.98 Å². The third-order valence-electron chi connectivity index (χ3n) is 4.09. The Hall–Kier alpha value is -1.88. The fraction of sp³-hybridized carbons (Fsp3) is 0.412. The van der Waals surface area contributed by atoms with Crippen molar-refractivity contribution < 1.29 is 9.53 Å². The van der Waals surface area contributed by atoms with Crippen molar-refractivity contribution in [2.45, 2.75) is 19.3 Å². The lowest BCUT2D eigenvalue weighted by Gasteiger charge is -2.32. The van der Waals surface area contributed by atoms with Gasteiger partial charge in [0.25, 0.3) is 5.91 Å². The third-order valence-corrected chi connectivity index (χ3v) is 4.89. The van der Waals surface area contributed by atoms with Crippen molar-refractivity contribution in [2.75, 3.05) is 20.2 Å². The molecule has 1 aromatic carbocycles. The second-order valence-electron chi connectivity index (χ2n) is 5.62. The lowest BCUT2D eigenvalue weighted by atomic mass is 9.94. The van der Waals surface area contributed by atoms with Crippen LogP contribution in [0, 0.1) is 5.92 Å². The topological polar surface area (TPSA) is 42.4 Å². The normalized spacial score (nSPS) is 18.2. The van der Waals surface area contributed by atoms with Crippen LogP contribution in [0.2, 0.25) is 0 Å². The first kappa shape index (κ1) is 15.0. The van der Waals surface area contributed by atoms with E-state index in [4.69, 9.17) is 4.74 Å². The van der Waals surface area contributed by atoms with E-state index < -0.39 is 0 Å². The number of rotatable bonds is 4. The number of carbonyl (C=O) groups excluding carboxylic acids is 1. The molecule has 22 heavy (non-hydrogen) atoms. The number of hydrogen-bond acceptors (Lipinski definition) is 4. The molecule has 0 bridgehead atoms. The summed E-state index contributed by atoms with van der Waals surface area (Å²) in [4.78, 5) is 19.0. The number of hydrogen-bond donors (Lipinski definition) is 0. The molecule has 0 radical (unpaired) electrons. The van der Waals surface area contributed by atoms with Crippen LogP contribution in [0.15, 0.2) is 35.8 Å². The summed E-state index contributed by atoms with van der Waals surface area (Å²) in [6.07, 6.45) is 5.07. The zero-order chi connectivity index (χ0) is 15.4. The van der Waals surface area contributed by atoms with Gasteiger partial charge in [-0.05, 0) is 43.0 Å².